The summed E-state index contributed by atoms with van der Waals surface area (Å²) in [5.41, 5.74) is 6.06. The number of benzene rings is 1. The van der Waals surface area contributed by atoms with Crippen molar-refractivity contribution in [3.63, 3.8) is 0 Å². The predicted octanol–water partition coefficient (Wildman–Crippen LogP) is 5.96. The van der Waals surface area contributed by atoms with Crippen LogP contribution in [0.1, 0.15) is 76.0 Å². The van der Waals surface area contributed by atoms with Crippen molar-refractivity contribution in [2.24, 2.45) is 5.41 Å². The number of rotatable bonds is 5. The van der Waals surface area contributed by atoms with E-state index in [2.05, 4.69) is 20.8 Å². The van der Waals surface area contributed by atoms with Gasteiger partial charge in [0.15, 0.2) is 5.78 Å². The summed E-state index contributed by atoms with van der Waals surface area (Å²) in [4.78, 5) is 15.4. The van der Waals surface area contributed by atoms with Crippen LogP contribution in [0.25, 0.3) is 0 Å². The Bertz CT molecular complexity index is 819. The number of aromatic hydroxyl groups is 1. The highest BCUT2D eigenvalue weighted by molar-refractivity contribution is 7.14. The molecule has 1 aliphatic rings. The second kappa shape index (κ2) is 7.19. The first-order chi connectivity index (χ1) is 12.2. The van der Waals surface area contributed by atoms with Gasteiger partial charge in [0.1, 0.15) is 5.75 Å². The molecule has 1 aromatic heterocycles. The fourth-order valence-corrected chi connectivity index (χ4v) is 5.40. The smallest absolute Gasteiger partial charge is 0.173 e. The van der Waals surface area contributed by atoms with Gasteiger partial charge in [0.2, 0.25) is 0 Å². The van der Waals surface area contributed by atoms with Gasteiger partial charge in [0, 0.05) is 11.3 Å². The van der Waals surface area contributed by atoms with Gasteiger partial charge in [-0.05, 0) is 79.2 Å². The molecule has 2 nitrogen and oxygen atoms in total. The molecule has 1 heterocycles. The molecule has 0 saturated heterocycles. The van der Waals surface area contributed by atoms with Crippen LogP contribution in [0.15, 0.2) is 12.1 Å². The van der Waals surface area contributed by atoms with Crippen LogP contribution >= 0.6 is 11.3 Å². The van der Waals surface area contributed by atoms with Crippen LogP contribution in [0.4, 0.5) is 0 Å². The maximum atomic E-state index is 13.0. The summed E-state index contributed by atoms with van der Waals surface area (Å²) in [7, 11) is 0. The number of aryl methyl sites for hydroxylation is 4. The highest BCUT2D eigenvalue weighted by atomic mass is 32.1. The van der Waals surface area contributed by atoms with Crippen molar-refractivity contribution >= 4 is 17.1 Å². The quantitative estimate of drug-likeness (QED) is 0.659. The summed E-state index contributed by atoms with van der Waals surface area (Å²) in [6.45, 7) is 10.7. The molecule has 0 aliphatic heterocycles. The minimum Gasteiger partial charge on any atom is -0.507 e. The van der Waals surface area contributed by atoms with E-state index in [0.29, 0.717) is 17.6 Å². The topological polar surface area (TPSA) is 37.3 Å². The highest BCUT2D eigenvalue weighted by Crippen LogP contribution is 2.42. The average Bonchev–Trinajstić information content (AvgIpc) is 2.94. The maximum absolute atomic E-state index is 13.0. The minimum atomic E-state index is 0.286. The van der Waals surface area contributed by atoms with E-state index in [4.69, 9.17) is 0 Å². The van der Waals surface area contributed by atoms with Crippen LogP contribution in [-0.2, 0) is 25.7 Å². The van der Waals surface area contributed by atoms with Crippen molar-refractivity contribution in [2.45, 2.75) is 73.1 Å². The predicted molar refractivity (Wildman–Crippen MR) is 110 cm³/mol. The van der Waals surface area contributed by atoms with Crippen LogP contribution in [0, 0.1) is 19.3 Å². The van der Waals surface area contributed by atoms with Crippen molar-refractivity contribution in [3.05, 3.63) is 49.7 Å². The molecule has 1 N–H and O–H groups in total. The number of Topliss-reactive ketones (excluding diaryl/α,β-unsaturated/α-hetero) is 1. The lowest BCUT2D eigenvalue weighted by Gasteiger charge is -2.30. The zero-order valence-electron chi connectivity index (χ0n) is 16.7. The lowest BCUT2D eigenvalue weighted by molar-refractivity contribution is 0.0985. The molecule has 3 heteroatoms. The van der Waals surface area contributed by atoms with Gasteiger partial charge < -0.3 is 5.11 Å². The van der Waals surface area contributed by atoms with E-state index in [9.17, 15) is 9.90 Å². The van der Waals surface area contributed by atoms with E-state index in [0.717, 1.165) is 53.7 Å². The molecule has 0 atom stereocenters. The Labute approximate surface area is 161 Å². The molecule has 0 fully saturated rings. The fraction of sp³-hybridized carbons (Fsp3) is 0.522. The maximum Gasteiger partial charge on any atom is 0.173 e. The second-order valence-corrected chi connectivity index (χ2v) is 9.61. The molecule has 0 bridgehead atoms. The van der Waals surface area contributed by atoms with Gasteiger partial charge in [-0.2, -0.15) is 0 Å². The van der Waals surface area contributed by atoms with Crippen LogP contribution in [0.5, 0.6) is 5.75 Å². The van der Waals surface area contributed by atoms with Gasteiger partial charge in [0.05, 0.1) is 4.88 Å². The molecular formula is C23H30O2S. The van der Waals surface area contributed by atoms with Gasteiger partial charge in [-0.25, -0.2) is 0 Å². The largest absolute Gasteiger partial charge is 0.507 e. The number of phenols is 1. The number of fused-ring (bicyclic) bond motifs is 1. The van der Waals surface area contributed by atoms with Gasteiger partial charge in [-0.15, -0.1) is 11.3 Å². The van der Waals surface area contributed by atoms with E-state index in [-0.39, 0.29) is 5.78 Å². The molecule has 0 spiro atoms. The highest BCUT2D eigenvalue weighted by Gasteiger charge is 2.31. The van der Waals surface area contributed by atoms with Crippen molar-refractivity contribution < 1.29 is 9.90 Å². The molecule has 3 rings (SSSR count). The Kier molecular flexibility index (Phi) is 5.30. The molecule has 0 amide bonds. The first-order valence-electron chi connectivity index (χ1n) is 9.67. The molecule has 0 saturated carbocycles. The Balaban J connectivity index is 1.80. The van der Waals surface area contributed by atoms with Crippen molar-refractivity contribution in [1.29, 1.82) is 0 Å². The summed E-state index contributed by atoms with van der Waals surface area (Å²) >= 11 is 1.74. The van der Waals surface area contributed by atoms with Crippen LogP contribution in [0.2, 0.25) is 0 Å². The molecule has 1 aliphatic carbocycles. The number of ketones is 1. The molecule has 26 heavy (non-hydrogen) atoms. The minimum absolute atomic E-state index is 0.286. The number of carbonyl (C=O) groups excluding carboxylic acids is 1. The van der Waals surface area contributed by atoms with Crippen molar-refractivity contribution in [3.8, 4) is 5.75 Å². The van der Waals surface area contributed by atoms with E-state index in [1.807, 2.05) is 26.0 Å². The molecule has 0 radical (unpaired) electrons. The monoisotopic (exact) mass is 370 g/mol. The zero-order valence-corrected chi connectivity index (χ0v) is 17.5. The number of carbonyl (C=O) groups is 1. The average molecular weight is 371 g/mol. The molecule has 1 aromatic carbocycles. The Hall–Kier alpha value is -1.61. The van der Waals surface area contributed by atoms with Gasteiger partial charge in [-0.1, -0.05) is 32.9 Å². The fourth-order valence-electron chi connectivity index (χ4n) is 4.12. The lowest BCUT2D eigenvalue weighted by Crippen LogP contribution is -2.22. The second-order valence-electron chi connectivity index (χ2n) is 8.51. The van der Waals surface area contributed by atoms with Crippen molar-refractivity contribution in [1.82, 2.24) is 0 Å². The standard InChI is InChI=1S/C23H30O2S/c1-6-20-18-13-23(4,5)10-9-17(18)22(26-20)19(24)8-7-16-11-14(2)21(25)15(3)12-16/h11-12,25H,6-10,13H2,1-5H3. The van der Waals surface area contributed by atoms with E-state index in [1.165, 1.54) is 16.0 Å². The molecular weight excluding hydrogens is 340 g/mol. The third-order valence-electron chi connectivity index (χ3n) is 5.67. The number of hydrogen-bond donors (Lipinski definition) is 1. The molecule has 2 aromatic rings. The van der Waals surface area contributed by atoms with E-state index < -0.39 is 0 Å². The third kappa shape index (κ3) is 3.73. The Morgan fingerprint density at radius 1 is 1.19 bits per heavy atom. The zero-order chi connectivity index (χ0) is 19.1. The van der Waals surface area contributed by atoms with E-state index in [1.54, 1.807) is 11.3 Å². The van der Waals surface area contributed by atoms with Gasteiger partial charge in [-0.3, -0.25) is 4.79 Å². The van der Waals surface area contributed by atoms with Crippen LogP contribution < -0.4 is 0 Å². The van der Waals surface area contributed by atoms with Crippen LogP contribution in [0.3, 0.4) is 0 Å². The third-order valence-corrected chi connectivity index (χ3v) is 7.13. The first kappa shape index (κ1) is 19.2. The number of thiophene rings is 1. The molecule has 140 valence electrons. The van der Waals surface area contributed by atoms with Crippen molar-refractivity contribution in [2.75, 3.05) is 0 Å². The summed E-state index contributed by atoms with van der Waals surface area (Å²) in [6, 6.07) is 4.00. The normalized spacial score (nSPS) is 15.7. The van der Waals surface area contributed by atoms with E-state index >= 15 is 0 Å². The number of hydrogen-bond acceptors (Lipinski definition) is 3. The molecule has 0 unspecified atom stereocenters. The summed E-state index contributed by atoms with van der Waals surface area (Å²) < 4.78 is 0. The first-order valence-corrected chi connectivity index (χ1v) is 10.5. The van der Waals surface area contributed by atoms with Gasteiger partial charge in [0.25, 0.3) is 0 Å². The van der Waals surface area contributed by atoms with Gasteiger partial charge >= 0.3 is 0 Å². The summed E-state index contributed by atoms with van der Waals surface area (Å²) in [6.07, 6.45) is 5.61. The number of phenolic OH excluding ortho intramolecular Hbond substituents is 1. The van der Waals surface area contributed by atoms with Crippen LogP contribution in [-0.4, -0.2) is 10.9 Å². The SMILES string of the molecule is CCc1sc(C(=O)CCc2cc(C)c(O)c(C)c2)c2c1CC(C)(C)CC2. The summed E-state index contributed by atoms with van der Waals surface area (Å²) in [5.74, 6) is 0.650. The summed E-state index contributed by atoms with van der Waals surface area (Å²) in [5, 5.41) is 9.93. The Morgan fingerprint density at radius 2 is 1.85 bits per heavy atom. The lowest BCUT2D eigenvalue weighted by atomic mass is 9.74. The Morgan fingerprint density at radius 3 is 2.46 bits per heavy atom.